The molecule has 4 aromatic rings. The van der Waals surface area contributed by atoms with Crippen molar-refractivity contribution < 1.29 is 14.1 Å². The molecule has 0 fully saturated rings. The minimum absolute atomic E-state index is 0.151. The predicted molar refractivity (Wildman–Crippen MR) is 113 cm³/mol. The minimum atomic E-state index is -0.406. The number of carbonyl (C=O) groups excluding carboxylic acids is 2. The number of carbonyl (C=O) groups is 2. The maximum Gasteiger partial charge on any atom is 0.323 e. The van der Waals surface area contributed by atoms with Crippen molar-refractivity contribution in [2.24, 2.45) is 0 Å². The number of para-hydroxylation sites is 1. The summed E-state index contributed by atoms with van der Waals surface area (Å²) in [6, 6.07) is 20.6. The molecule has 2 aromatic carbocycles. The zero-order valence-electron chi connectivity index (χ0n) is 15.7. The topological polar surface area (TPSA) is 109 Å². The van der Waals surface area contributed by atoms with Gasteiger partial charge >= 0.3 is 6.03 Å². The van der Waals surface area contributed by atoms with Crippen LogP contribution in [-0.4, -0.2) is 22.1 Å². The maximum atomic E-state index is 12.4. The summed E-state index contributed by atoms with van der Waals surface area (Å²) in [5.41, 5.74) is 2.71. The number of urea groups is 1. The van der Waals surface area contributed by atoms with Gasteiger partial charge < -0.3 is 20.5 Å². The average molecular weight is 399 g/mol. The van der Waals surface area contributed by atoms with Crippen LogP contribution in [0.5, 0.6) is 0 Å². The third-order valence-electron chi connectivity index (χ3n) is 4.12. The fourth-order valence-corrected chi connectivity index (χ4v) is 2.67. The van der Waals surface area contributed by atoms with Crippen molar-refractivity contribution >= 4 is 29.0 Å². The van der Waals surface area contributed by atoms with E-state index >= 15 is 0 Å². The van der Waals surface area contributed by atoms with Crippen LogP contribution < -0.4 is 16.0 Å². The molecule has 0 radical (unpaired) electrons. The van der Waals surface area contributed by atoms with Crippen molar-refractivity contribution in [3.05, 3.63) is 90.9 Å². The number of anilines is 3. The van der Waals surface area contributed by atoms with E-state index in [0.29, 0.717) is 22.8 Å². The van der Waals surface area contributed by atoms with Gasteiger partial charge in [0.2, 0.25) is 0 Å². The summed E-state index contributed by atoms with van der Waals surface area (Å²) in [6.07, 6.45) is 3.28. The van der Waals surface area contributed by atoms with Crippen LogP contribution >= 0.6 is 0 Å². The number of nitrogens with one attached hydrogen (secondary N) is 3. The number of nitrogens with zero attached hydrogens (tertiary/aromatic N) is 2. The molecular formula is C22H17N5O3. The summed E-state index contributed by atoms with van der Waals surface area (Å²) < 4.78 is 5.22. The molecule has 3 N–H and O–H groups in total. The summed E-state index contributed by atoms with van der Waals surface area (Å²) in [7, 11) is 0. The van der Waals surface area contributed by atoms with Crippen molar-refractivity contribution in [2.45, 2.75) is 0 Å². The largest absolute Gasteiger partial charge is 0.355 e. The van der Waals surface area contributed by atoms with E-state index in [0.717, 1.165) is 5.56 Å². The Labute approximate surface area is 171 Å². The first-order valence-corrected chi connectivity index (χ1v) is 9.09. The number of hydrogen-bond acceptors (Lipinski definition) is 5. The second kappa shape index (κ2) is 8.70. The zero-order chi connectivity index (χ0) is 20.8. The summed E-state index contributed by atoms with van der Waals surface area (Å²) in [4.78, 5) is 28.4. The van der Waals surface area contributed by atoms with Gasteiger partial charge in [0.1, 0.15) is 0 Å². The maximum absolute atomic E-state index is 12.4. The lowest BCUT2D eigenvalue weighted by Gasteiger charge is -2.08. The Kier molecular flexibility index (Phi) is 5.47. The molecule has 8 heteroatoms. The molecule has 2 heterocycles. The monoisotopic (exact) mass is 399 g/mol. The highest BCUT2D eigenvalue weighted by molar-refractivity contribution is 6.03. The predicted octanol–water partition coefficient (Wildman–Crippen LogP) is 4.63. The highest BCUT2D eigenvalue weighted by Gasteiger charge is 2.14. The van der Waals surface area contributed by atoms with Crippen LogP contribution in [0.3, 0.4) is 0 Å². The number of rotatable bonds is 5. The molecule has 0 unspecified atom stereocenters. The van der Waals surface area contributed by atoms with E-state index in [-0.39, 0.29) is 11.7 Å². The van der Waals surface area contributed by atoms with E-state index in [1.807, 2.05) is 24.3 Å². The second-order valence-electron chi connectivity index (χ2n) is 6.29. The molecule has 0 aliphatic rings. The third-order valence-corrected chi connectivity index (χ3v) is 4.12. The number of aromatic nitrogens is 2. The SMILES string of the molecule is O=C(Nc1ccccc1)Nc1ccc(NC(=O)c2cc(-c3cccnc3)on2)cc1. The molecule has 2 aromatic heterocycles. The normalized spacial score (nSPS) is 10.3. The smallest absolute Gasteiger partial charge is 0.323 e. The standard InChI is InChI=1S/C22H17N5O3/c28-21(19-13-20(30-27-19)15-5-4-12-23-14-15)24-17-8-10-18(11-9-17)26-22(29)25-16-6-2-1-3-7-16/h1-14H,(H,24,28)(H2,25,26,29). The first kappa shape index (κ1) is 18.9. The van der Waals surface area contributed by atoms with Crippen LogP contribution in [0.15, 0.2) is 89.7 Å². The molecule has 0 saturated carbocycles. The van der Waals surface area contributed by atoms with Crippen molar-refractivity contribution in [3.8, 4) is 11.3 Å². The minimum Gasteiger partial charge on any atom is -0.355 e. The molecule has 3 amide bonds. The van der Waals surface area contributed by atoms with E-state index in [1.165, 1.54) is 0 Å². The quantitative estimate of drug-likeness (QED) is 0.453. The zero-order valence-corrected chi connectivity index (χ0v) is 15.7. The van der Waals surface area contributed by atoms with Gasteiger partial charge in [-0.15, -0.1) is 0 Å². The summed E-state index contributed by atoms with van der Waals surface area (Å²) >= 11 is 0. The van der Waals surface area contributed by atoms with E-state index in [1.54, 1.807) is 60.9 Å². The molecule has 8 nitrogen and oxygen atoms in total. The van der Waals surface area contributed by atoms with Crippen molar-refractivity contribution in [2.75, 3.05) is 16.0 Å². The average Bonchev–Trinajstić information content (AvgIpc) is 3.27. The fraction of sp³-hybridized carbons (Fsp3) is 0. The van der Waals surface area contributed by atoms with Crippen molar-refractivity contribution in [3.63, 3.8) is 0 Å². The second-order valence-corrected chi connectivity index (χ2v) is 6.29. The first-order chi connectivity index (χ1) is 14.7. The van der Waals surface area contributed by atoms with Crippen molar-refractivity contribution in [1.29, 1.82) is 0 Å². The summed E-state index contributed by atoms with van der Waals surface area (Å²) in [6.45, 7) is 0. The molecule has 0 aliphatic heterocycles. The lowest BCUT2D eigenvalue weighted by molar-refractivity contribution is 0.101. The fourth-order valence-electron chi connectivity index (χ4n) is 2.67. The van der Waals surface area contributed by atoms with Crippen LogP contribution in [0, 0.1) is 0 Å². The Bertz CT molecular complexity index is 1140. The van der Waals surface area contributed by atoms with E-state index in [2.05, 4.69) is 26.1 Å². The molecule has 0 atom stereocenters. The Morgan fingerprint density at radius 1 is 0.767 bits per heavy atom. The van der Waals surface area contributed by atoms with Gasteiger partial charge in [0.05, 0.1) is 0 Å². The van der Waals surface area contributed by atoms with E-state index < -0.39 is 5.91 Å². The van der Waals surface area contributed by atoms with E-state index in [9.17, 15) is 9.59 Å². The number of amides is 3. The van der Waals surface area contributed by atoms with Gasteiger partial charge in [-0.3, -0.25) is 9.78 Å². The van der Waals surface area contributed by atoms with Gasteiger partial charge in [-0.2, -0.15) is 0 Å². The summed E-state index contributed by atoms with van der Waals surface area (Å²) in [5.74, 6) is 0.0497. The molecular weight excluding hydrogens is 382 g/mol. The molecule has 30 heavy (non-hydrogen) atoms. The Morgan fingerprint density at radius 3 is 2.10 bits per heavy atom. The number of pyridine rings is 1. The third kappa shape index (κ3) is 4.68. The Hall–Kier alpha value is -4.46. The first-order valence-electron chi connectivity index (χ1n) is 9.09. The highest BCUT2D eigenvalue weighted by Crippen LogP contribution is 2.20. The van der Waals surface area contributed by atoms with Gasteiger partial charge in [0, 0.05) is 41.1 Å². The molecule has 0 bridgehead atoms. The van der Waals surface area contributed by atoms with Crippen LogP contribution in [0.2, 0.25) is 0 Å². The van der Waals surface area contributed by atoms with Crippen LogP contribution in [0.1, 0.15) is 10.5 Å². The van der Waals surface area contributed by atoms with Gasteiger partial charge in [-0.05, 0) is 48.5 Å². The van der Waals surface area contributed by atoms with Crippen LogP contribution in [0.25, 0.3) is 11.3 Å². The summed E-state index contributed by atoms with van der Waals surface area (Å²) in [5, 5.41) is 12.0. The van der Waals surface area contributed by atoms with Gasteiger partial charge in [-0.25, -0.2) is 4.79 Å². The number of hydrogen-bond donors (Lipinski definition) is 3. The van der Waals surface area contributed by atoms with Crippen LogP contribution in [-0.2, 0) is 0 Å². The number of benzene rings is 2. The van der Waals surface area contributed by atoms with E-state index in [4.69, 9.17) is 4.52 Å². The highest BCUT2D eigenvalue weighted by atomic mass is 16.5. The molecule has 148 valence electrons. The molecule has 0 spiro atoms. The Morgan fingerprint density at radius 2 is 1.43 bits per heavy atom. The van der Waals surface area contributed by atoms with Gasteiger partial charge in [-0.1, -0.05) is 23.4 Å². The Balaban J connectivity index is 1.35. The van der Waals surface area contributed by atoms with Gasteiger partial charge in [0.15, 0.2) is 11.5 Å². The molecule has 0 saturated heterocycles. The van der Waals surface area contributed by atoms with Crippen molar-refractivity contribution in [1.82, 2.24) is 10.1 Å². The molecule has 0 aliphatic carbocycles. The lowest BCUT2D eigenvalue weighted by Crippen LogP contribution is -2.19. The van der Waals surface area contributed by atoms with Crippen LogP contribution in [0.4, 0.5) is 21.9 Å². The van der Waals surface area contributed by atoms with Gasteiger partial charge in [0.25, 0.3) is 5.91 Å². The lowest BCUT2D eigenvalue weighted by atomic mass is 10.2. The molecule has 4 rings (SSSR count).